The first kappa shape index (κ1) is 27.2. The lowest BCUT2D eigenvalue weighted by atomic mass is 9.95. The van der Waals surface area contributed by atoms with Crippen LogP contribution in [0.4, 0.5) is 4.39 Å². The van der Waals surface area contributed by atoms with Crippen LogP contribution in [0.2, 0.25) is 0 Å². The molecular formula is C28H35FN2O5. The number of ketones is 1. The molecular weight excluding hydrogens is 463 g/mol. The fraction of sp³-hybridized carbons (Fsp3) is 0.429. The van der Waals surface area contributed by atoms with E-state index in [1.54, 1.807) is 18.2 Å². The number of hydrogen-bond donors (Lipinski definition) is 1. The number of hydrogen-bond acceptors (Lipinski definition) is 6. The van der Waals surface area contributed by atoms with E-state index in [2.05, 4.69) is 6.92 Å². The Morgan fingerprint density at radius 3 is 2.39 bits per heavy atom. The molecule has 0 radical (unpaired) electrons. The van der Waals surface area contributed by atoms with E-state index in [4.69, 9.17) is 9.47 Å². The standard InChI is InChI=1S/C28H35FN2O5/c1-5-7-8-17-36-22-14-11-20(18-23(22)35-6-2)25-24(26(32)19-9-12-21(29)13-10-19)27(33)28(34)31(25)16-15-30(3)4/h9-14,18,25,32H,5-8,15-17H2,1-4H3. The number of aliphatic hydroxyl groups excluding tert-OH is 1. The Kier molecular flexibility index (Phi) is 9.47. The number of likely N-dealkylation sites (tertiary alicyclic amines) is 1. The third-order valence-electron chi connectivity index (χ3n) is 6.03. The van der Waals surface area contributed by atoms with Crippen molar-refractivity contribution < 1.29 is 28.6 Å². The molecule has 1 fully saturated rings. The molecule has 8 heteroatoms. The highest BCUT2D eigenvalue weighted by molar-refractivity contribution is 6.46. The highest BCUT2D eigenvalue weighted by Crippen LogP contribution is 2.42. The van der Waals surface area contributed by atoms with Crippen molar-refractivity contribution in [2.24, 2.45) is 0 Å². The lowest BCUT2D eigenvalue weighted by molar-refractivity contribution is -0.140. The Labute approximate surface area is 212 Å². The number of halogens is 1. The Bertz CT molecular complexity index is 1100. The molecule has 36 heavy (non-hydrogen) atoms. The molecule has 2 aromatic rings. The van der Waals surface area contributed by atoms with Gasteiger partial charge in [-0.1, -0.05) is 25.8 Å². The molecule has 1 atom stereocenters. The molecule has 0 spiro atoms. The Balaban J connectivity index is 2.08. The predicted octanol–water partition coefficient (Wildman–Crippen LogP) is 4.78. The number of ether oxygens (including phenoxy) is 2. The van der Waals surface area contributed by atoms with Gasteiger partial charge < -0.3 is 24.4 Å². The van der Waals surface area contributed by atoms with Crippen LogP contribution in [-0.4, -0.2) is 67.0 Å². The highest BCUT2D eigenvalue weighted by atomic mass is 19.1. The van der Waals surface area contributed by atoms with Crippen LogP contribution in [0, 0.1) is 5.82 Å². The Morgan fingerprint density at radius 2 is 1.75 bits per heavy atom. The first-order chi connectivity index (χ1) is 17.3. The number of carbonyl (C=O) groups is 2. The van der Waals surface area contributed by atoms with E-state index < -0.39 is 23.5 Å². The summed E-state index contributed by atoms with van der Waals surface area (Å²) in [4.78, 5) is 29.6. The second kappa shape index (κ2) is 12.5. The maximum absolute atomic E-state index is 13.5. The SMILES string of the molecule is CCCCCOc1ccc(C2C(=C(O)c3ccc(F)cc3)C(=O)C(=O)N2CCN(C)C)cc1OCC. The molecule has 1 aliphatic rings. The van der Waals surface area contributed by atoms with Crippen LogP contribution >= 0.6 is 0 Å². The molecule has 194 valence electrons. The first-order valence-electron chi connectivity index (χ1n) is 12.4. The smallest absolute Gasteiger partial charge is 0.295 e. The van der Waals surface area contributed by atoms with E-state index in [9.17, 15) is 19.1 Å². The van der Waals surface area contributed by atoms with Crippen molar-refractivity contribution in [2.75, 3.05) is 40.4 Å². The molecule has 0 saturated carbocycles. The number of rotatable bonds is 12. The van der Waals surface area contributed by atoms with Gasteiger partial charge in [-0.05, 0) is 69.4 Å². The summed E-state index contributed by atoms with van der Waals surface area (Å²) in [6.45, 7) is 5.76. The number of unbranched alkanes of at least 4 members (excludes halogenated alkanes) is 2. The quantitative estimate of drug-likeness (QED) is 0.196. The molecule has 1 aliphatic heterocycles. The summed E-state index contributed by atoms with van der Waals surface area (Å²) in [5, 5.41) is 11.1. The summed E-state index contributed by atoms with van der Waals surface area (Å²) >= 11 is 0. The minimum Gasteiger partial charge on any atom is -0.507 e. The van der Waals surface area contributed by atoms with E-state index >= 15 is 0 Å². The second-order valence-corrected chi connectivity index (χ2v) is 9.00. The van der Waals surface area contributed by atoms with Crippen molar-refractivity contribution in [3.63, 3.8) is 0 Å². The van der Waals surface area contributed by atoms with Gasteiger partial charge in [-0.25, -0.2) is 4.39 Å². The van der Waals surface area contributed by atoms with E-state index in [1.807, 2.05) is 25.9 Å². The van der Waals surface area contributed by atoms with Crippen molar-refractivity contribution in [3.8, 4) is 11.5 Å². The van der Waals surface area contributed by atoms with Crippen molar-refractivity contribution >= 4 is 17.4 Å². The van der Waals surface area contributed by atoms with E-state index in [0.29, 0.717) is 36.8 Å². The maximum atomic E-state index is 13.5. The average Bonchev–Trinajstić information content (AvgIpc) is 3.11. The number of nitrogens with zero attached hydrogens (tertiary/aromatic N) is 2. The summed E-state index contributed by atoms with van der Waals surface area (Å²) in [6, 6.07) is 9.65. The summed E-state index contributed by atoms with van der Waals surface area (Å²) in [7, 11) is 3.75. The molecule has 0 bridgehead atoms. The van der Waals surface area contributed by atoms with Crippen molar-refractivity contribution in [2.45, 2.75) is 39.2 Å². The summed E-state index contributed by atoms with van der Waals surface area (Å²) in [5.74, 6) is -1.19. The summed E-state index contributed by atoms with van der Waals surface area (Å²) < 4.78 is 25.2. The number of amides is 1. The second-order valence-electron chi connectivity index (χ2n) is 9.00. The highest BCUT2D eigenvalue weighted by Gasteiger charge is 2.46. The zero-order valence-electron chi connectivity index (χ0n) is 21.4. The lowest BCUT2D eigenvalue weighted by Gasteiger charge is -2.27. The maximum Gasteiger partial charge on any atom is 0.295 e. The molecule has 2 aromatic carbocycles. The molecule has 1 saturated heterocycles. The monoisotopic (exact) mass is 498 g/mol. The molecule has 1 unspecified atom stereocenters. The van der Waals surface area contributed by atoms with Gasteiger partial charge in [0.2, 0.25) is 0 Å². The topological polar surface area (TPSA) is 79.3 Å². The van der Waals surface area contributed by atoms with Gasteiger partial charge in [-0.3, -0.25) is 9.59 Å². The van der Waals surface area contributed by atoms with E-state index in [-0.39, 0.29) is 23.4 Å². The van der Waals surface area contributed by atoms with Crippen LogP contribution in [0.3, 0.4) is 0 Å². The molecule has 0 aliphatic carbocycles. The van der Waals surface area contributed by atoms with Gasteiger partial charge in [0.1, 0.15) is 11.6 Å². The third kappa shape index (κ3) is 6.23. The van der Waals surface area contributed by atoms with Gasteiger partial charge in [0, 0.05) is 18.7 Å². The number of likely N-dealkylation sites (N-methyl/N-ethyl adjacent to an activating group) is 1. The molecule has 1 N–H and O–H groups in total. The summed E-state index contributed by atoms with van der Waals surface area (Å²) in [6.07, 6.45) is 3.07. The van der Waals surface area contributed by atoms with Crippen LogP contribution in [0.15, 0.2) is 48.0 Å². The van der Waals surface area contributed by atoms with Crippen molar-refractivity contribution in [1.82, 2.24) is 9.80 Å². The number of Topliss-reactive ketones (excluding diaryl/α,β-unsaturated/α-hetero) is 1. The van der Waals surface area contributed by atoms with Crippen LogP contribution < -0.4 is 9.47 Å². The zero-order chi connectivity index (χ0) is 26.2. The normalized spacial score (nSPS) is 17.2. The predicted molar refractivity (Wildman–Crippen MR) is 137 cm³/mol. The number of carbonyl (C=O) groups excluding carboxylic acids is 2. The van der Waals surface area contributed by atoms with Crippen LogP contribution in [0.25, 0.3) is 5.76 Å². The van der Waals surface area contributed by atoms with Gasteiger partial charge >= 0.3 is 0 Å². The number of aliphatic hydroxyl groups is 1. The molecule has 0 aromatic heterocycles. The molecule has 1 heterocycles. The minimum absolute atomic E-state index is 0.0376. The lowest BCUT2D eigenvalue weighted by Crippen LogP contribution is -2.35. The minimum atomic E-state index is -0.830. The zero-order valence-corrected chi connectivity index (χ0v) is 21.4. The van der Waals surface area contributed by atoms with Crippen LogP contribution in [0.1, 0.15) is 50.3 Å². The fourth-order valence-corrected chi connectivity index (χ4v) is 4.14. The van der Waals surface area contributed by atoms with Gasteiger partial charge in [0.05, 0.1) is 24.8 Å². The van der Waals surface area contributed by atoms with Gasteiger partial charge in [-0.15, -0.1) is 0 Å². The van der Waals surface area contributed by atoms with Crippen LogP contribution in [-0.2, 0) is 9.59 Å². The van der Waals surface area contributed by atoms with Gasteiger partial charge in [-0.2, -0.15) is 0 Å². The van der Waals surface area contributed by atoms with Gasteiger partial charge in [0.25, 0.3) is 11.7 Å². The largest absolute Gasteiger partial charge is 0.507 e. The van der Waals surface area contributed by atoms with Crippen molar-refractivity contribution in [3.05, 3.63) is 65.0 Å². The Morgan fingerprint density at radius 1 is 1.03 bits per heavy atom. The van der Waals surface area contributed by atoms with Gasteiger partial charge in [0.15, 0.2) is 11.5 Å². The van der Waals surface area contributed by atoms with Crippen molar-refractivity contribution in [1.29, 1.82) is 0 Å². The average molecular weight is 499 g/mol. The number of benzene rings is 2. The first-order valence-corrected chi connectivity index (χ1v) is 12.4. The van der Waals surface area contributed by atoms with E-state index in [1.165, 1.54) is 29.2 Å². The molecule has 3 rings (SSSR count). The van der Waals surface area contributed by atoms with Crippen LogP contribution in [0.5, 0.6) is 11.5 Å². The summed E-state index contributed by atoms with van der Waals surface area (Å²) in [5.41, 5.74) is 0.832. The fourth-order valence-electron chi connectivity index (χ4n) is 4.14. The molecule has 7 nitrogen and oxygen atoms in total. The van der Waals surface area contributed by atoms with E-state index in [0.717, 1.165) is 19.3 Å². The third-order valence-corrected chi connectivity index (χ3v) is 6.03. The molecule has 1 amide bonds. The Hall–Kier alpha value is -3.39.